The first-order valence-corrected chi connectivity index (χ1v) is 7.35. The lowest BCUT2D eigenvalue weighted by Gasteiger charge is -2.41. The van der Waals surface area contributed by atoms with Crippen molar-refractivity contribution < 1.29 is 9.90 Å². The molecule has 5 heteroatoms. The van der Waals surface area contributed by atoms with Crippen LogP contribution in [0.5, 0.6) is 0 Å². The van der Waals surface area contributed by atoms with Gasteiger partial charge in [-0.3, -0.25) is 9.69 Å². The van der Waals surface area contributed by atoms with Crippen LogP contribution in [0, 0.1) is 0 Å². The lowest BCUT2D eigenvalue weighted by molar-refractivity contribution is -0.145. The molecule has 110 valence electrons. The maximum absolute atomic E-state index is 11.3. The van der Waals surface area contributed by atoms with Gasteiger partial charge in [0.1, 0.15) is 5.54 Å². The minimum Gasteiger partial charge on any atom is -0.480 e. The third kappa shape index (κ3) is 3.27. The molecule has 0 spiro atoms. The molecule has 0 bridgehead atoms. The maximum Gasteiger partial charge on any atom is 0.323 e. The molecule has 5 nitrogen and oxygen atoms in total. The number of nitrogens with two attached hydrogens (primary N) is 1. The van der Waals surface area contributed by atoms with E-state index in [4.69, 9.17) is 5.73 Å². The monoisotopic (exact) mass is 269 g/mol. The van der Waals surface area contributed by atoms with Gasteiger partial charge in [0, 0.05) is 18.6 Å². The summed E-state index contributed by atoms with van der Waals surface area (Å²) in [4.78, 5) is 16.1. The molecular formula is C14H27N3O2. The normalized spacial score (nSPS) is 36.8. The quantitative estimate of drug-likeness (QED) is 0.787. The number of carboxylic acid groups (broad SMARTS) is 1. The van der Waals surface area contributed by atoms with Gasteiger partial charge < -0.3 is 15.7 Å². The van der Waals surface area contributed by atoms with Gasteiger partial charge in [-0.1, -0.05) is 0 Å². The molecule has 3 atom stereocenters. The highest BCUT2D eigenvalue weighted by atomic mass is 16.4. The molecule has 1 heterocycles. The summed E-state index contributed by atoms with van der Waals surface area (Å²) in [7, 11) is 4.20. The van der Waals surface area contributed by atoms with Crippen molar-refractivity contribution in [1.29, 1.82) is 0 Å². The maximum atomic E-state index is 11.3. The Hall–Kier alpha value is -0.650. The second-order valence-electron chi connectivity index (χ2n) is 6.51. The van der Waals surface area contributed by atoms with E-state index in [1.165, 1.54) is 12.8 Å². The average molecular weight is 269 g/mol. The van der Waals surface area contributed by atoms with Crippen molar-refractivity contribution in [2.45, 2.75) is 56.1 Å². The number of hydrogen-bond donors (Lipinski definition) is 2. The number of nitrogens with zero attached hydrogens (tertiary/aromatic N) is 2. The SMILES string of the molecule is CN(C)CC1CCCN1C1CCCC(N)(C(=O)O)C1. The van der Waals surface area contributed by atoms with E-state index >= 15 is 0 Å². The highest BCUT2D eigenvalue weighted by Gasteiger charge is 2.43. The lowest BCUT2D eigenvalue weighted by Crippen LogP contribution is -2.57. The molecule has 1 aliphatic heterocycles. The highest BCUT2D eigenvalue weighted by molar-refractivity contribution is 5.78. The summed E-state index contributed by atoms with van der Waals surface area (Å²) in [6.45, 7) is 2.15. The first-order valence-electron chi connectivity index (χ1n) is 7.35. The zero-order chi connectivity index (χ0) is 14.0. The molecule has 0 amide bonds. The predicted octanol–water partition coefficient (Wildman–Crippen LogP) is 0.737. The smallest absolute Gasteiger partial charge is 0.323 e. The highest BCUT2D eigenvalue weighted by Crippen LogP contribution is 2.33. The van der Waals surface area contributed by atoms with Crippen LogP contribution < -0.4 is 5.73 Å². The first kappa shape index (κ1) is 14.8. The predicted molar refractivity (Wildman–Crippen MR) is 75.1 cm³/mol. The molecule has 3 N–H and O–H groups in total. The fourth-order valence-corrected chi connectivity index (χ4v) is 3.71. The van der Waals surface area contributed by atoms with Gasteiger partial charge >= 0.3 is 5.97 Å². The van der Waals surface area contributed by atoms with Gasteiger partial charge in [-0.15, -0.1) is 0 Å². The Labute approximate surface area is 115 Å². The summed E-state index contributed by atoms with van der Waals surface area (Å²) in [5.41, 5.74) is 5.06. The molecule has 1 saturated carbocycles. The van der Waals surface area contributed by atoms with Crippen LogP contribution in [0.3, 0.4) is 0 Å². The Morgan fingerprint density at radius 3 is 2.79 bits per heavy atom. The largest absolute Gasteiger partial charge is 0.480 e. The second-order valence-corrected chi connectivity index (χ2v) is 6.51. The van der Waals surface area contributed by atoms with Crippen LogP contribution in [-0.2, 0) is 4.79 Å². The number of carbonyl (C=O) groups is 1. The average Bonchev–Trinajstić information content (AvgIpc) is 2.76. The van der Waals surface area contributed by atoms with Crippen LogP contribution in [0.4, 0.5) is 0 Å². The summed E-state index contributed by atoms with van der Waals surface area (Å²) in [5.74, 6) is -0.833. The molecule has 1 aliphatic carbocycles. The van der Waals surface area contributed by atoms with Crippen LogP contribution in [0.25, 0.3) is 0 Å². The van der Waals surface area contributed by atoms with Crippen LogP contribution in [0.1, 0.15) is 38.5 Å². The Balaban J connectivity index is 2.02. The van der Waals surface area contributed by atoms with Crippen molar-refractivity contribution in [3.05, 3.63) is 0 Å². The van der Waals surface area contributed by atoms with Gasteiger partial charge in [0.05, 0.1) is 0 Å². The molecule has 0 aromatic carbocycles. The topological polar surface area (TPSA) is 69.8 Å². The molecule has 2 fully saturated rings. The van der Waals surface area contributed by atoms with Gasteiger partial charge in [0.25, 0.3) is 0 Å². The number of aliphatic carboxylic acids is 1. The molecular weight excluding hydrogens is 242 g/mol. The molecule has 19 heavy (non-hydrogen) atoms. The molecule has 2 rings (SSSR count). The summed E-state index contributed by atoms with van der Waals surface area (Å²) >= 11 is 0. The summed E-state index contributed by atoms with van der Waals surface area (Å²) in [5, 5.41) is 9.32. The van der Waals surface area contributed by atoms with Crippen molar-refractivity contribution in [2.24, 2.45) is 5.73 Å². The minimum absolute atomic E-state index is 0.349. The van der Waals surface area contributed by atoms with Crippen molar-refractivity contribution >= 4 is 5.97 Å². The summed E-state index contributed by atoms with van der Waals surface area (Å²) < 4.78 is 0. The van der Waals surface area contributed by atoms with E-state index in [0.29, 0.717) is 24.9 Å². The van der Waals surface area contributed by atoms with Crippen molar-refractivity contribution in [1.82, 2.24) is 9.80 Å². The van der Waals surface area contributed by atoms with E-state index in [0.717, 1.165) is 25.9 Å². The number of rotatable bonds is 4. The molecule has 0 aromatic rings. The second kappa shape index (κ2) is 5.77. The molecule has 3 unspecified atom stereocenters. The fourth-order valence-electron chi connectivity index (χ4n) is 3.71. The van der Waals surface area contributed by atoms with E-state index in [9.17, 15) is 9.90 Å². The van der Waals surface area contributed by atoms with E-state index in [2.05, 4.69) is 23.9 Å². The van der Waals surface area contributed by atoms with E-state index < -0.39 is 11.5 Å². The third-order valence-electron chi connectivity index (χ3n) is 4.65. The minimum atomic E-state index is -1.01. The van der Waals surface area contributed by atoms with Crippen molar-refractivity contribution in [3.63, 3.8) is 0 Å². The van der Waals surface area contributed by atoms with Crippen molar-refractivity contribution in [3.8, 4) is 0 Å². The van der Waals surface area contributed by atoms with Crippen LogP contribution in [0.15, 0.2) is 0 Å². The number of likely N-dealkylation sites (N-methyl/N-ethyl adjacent to an activating group) is 1. The van der Waals surface area contributed by atoms with E-state index in [-0.39, 0.29) is 0 Å². The number of hydrogen-bond acceptors (Lipinski definition) is 4. The first-order chi connectivity index (χ1) is 8.92. The summed E-state index contributed by atoms with van der Waals surface area (Å²) in [6.07, 6.45) is 5.69. The summed E-state index contributed by atoms with van der Waals surface area (Å²) in [6, 6.07) is 0.915. The Bertz CT molecular complexity index is 335. The van der Waals surface area contributed by atoms with Gasteiger partial charge in [0.15, 0.2) is 0 Å². The Morgan fingerprint density at radius 1 is 1.42 bits per heavy atom. The molecule has 0 radical (unpaired) electrons. The van der Waals surface area contributed by atoms with Gasteiger partial charge in [-0.25, -0.2) is 0 Å². The zero-order valence-corrected chi connectivity index (χ0v) is 12.1. The Morgan fingerprint density at radius 2 is 2.16 bits per heavy atom. The zero-order valence-electron chi connectivity index (χ0n) is 12.1. The van der Waals surface area contributed by atoms with Crippen LogP contribution in [-0.4, -0.2) is 65.7 Å². The number of carboxylic acids is 1. The van der Waals surface area contributed by atoms with Crippen LogP contribution >= 0.6 is 0 Å². The fraction of sp³-hybridized carbons (Fsp3) is 0.929. The van der Waals surface area contributed by atoms with E-state index in [1.54, 1.807) is 0 Å². The molecule has 0 aromatic heterocycles. The standard InChI is InChI=1S/C14H27N3O2/c1-16(2)10-12-6-4-8-17(12)11-5-3-7-14(15,9-11)13(18)19/h11-12H,3-10,15H2,1-2H3,(H,18,19). The van der Waals surface area contributed by atoms with Gasteiger partial charge in [-0.2, -0.15) is 0 Å². The van der Waals surface area contributed by atoms with Crippen molar-refractivity contribution in [2.75, 3.05) is 27.2 Å². The molecule has 2 aliphatic rings. The number of likely N-dealkylation sites (tertiary alicyclic amines) is 1. The van der Waals surface area contributed by atoms with Gasteiger partial charge in [0.2, 0.25) is 0 Å². The Kier molecular flexibility index (Phi) is 4.48. The molecule has 1 saturated heterocycles. The van der Waals surface area contributed by atoms with E-state index in [1.807, 2.05) is 0 Å². The lowest BCUT2D eigenvalue weighted by atomic mass is 9.79. The van der Waals surface area contributed by atoms with Gasteiger partial charge in [-0.05, 0) is 59.2 Å². The third-order valence-corrected chi connectivity index (χ3v) is 4.65. The van der Waals surface area contributed by atoms with Crippen LogP contribution in [0.2, 0.25) is 0 Å².